The van der Waals surface area contributed by atoms with Crippen LogP contribution in [0.15, 0.2) is 112 Å². The van der Waals surface area contributed by atoms with E-state index in [1.165, 1.54) is 0 Å². The Morgan fingerprint density at radius 1 is 0.625 bits per heavy atom. The fourth-order valence-corrected chi connectivity index (χ4v) is 4.95. The number of benzene rings is 4. The van der Waals surface area contributed by atoms with E-state index in [1.54, 1.807) is 24.3 Å². The second-order valence-corrected chi connectivity index (χ2v) is 10.1. The molecular weight excluding hydrogens is 494 g/mol. The molecule has 5 nitrogen and oxygen atoms in total. The Morgan fingerprint density at radius 2 is 1.10 bits per heavy atom. The minimum Gasteiger partial charge on any atom is -0.291 e. The summed E-state index contributed by atoms with van der Waals surface area (Å²) in [6.07, 6.45) is 0.224. The molecule has 0 N–H and O–H groups in total. The monoisotopic (exact) mass is 525 g/mol. The van der Waals surface area contributed by atoms with E-state index < -0.39 is 6.04 Å². The first kappa shape index (κ1) is 26.8. The van der Waals surface area contributed by atoms with Crippen LogP contribution in [0.25, 0.3) is 0 Å². The van der Waals surface area contributed by atoms with Gasteiger partial charge >= 0.3 is 0 Å². The predicted molar refractivity (Wildman–Crippen MR) is 163 cm³/mol. The van der Waals surface area contributed by atoms with E-state index in [4.69, 9.17) is 15.0 Å². The summed E-state index contributed by atoms with van der Waals surface area (Å²) in [5.41, 5.74) is 7.89. The van der Waals surface area contributed by atoms with Gasteiger partial charge in [0.1, 0.15) is 5.71 Å². The SMILES string of the molecule is Cc1cccc(C)c1N=C1CC(=Nc2c(C)cccc2C)C(C(=O)c2ccccc2)N=C1C(=O)c1ccccc1. The minimum absolute atomic E-state index is 0.198. The molecule has 1 heterocycles. The van der Waals surface area contributed by atoms with Crippen LogP contribution in [0.1, 0.15) is 49.4 Å². The molecule has 198 valence electrons. The molecule has 0 fully saturated rings. The standard InChI is InChI=1S/C35H31N3O2/c1-22-13-11-14-23(2)30(22)36-28-21-29(37-31-24(3)15-12-16-25(31)4)33(35(40)27-19-9-6-10-20-27)38-32(28)34(39)26-17-7-5-8-18-26/h5-20,32H,21H2,1-4H3. The molecule has 0 spiro atoms. The van der Waals surface area contributed by atoms with Gasteiger partial charge in [-0.25, -0.2) is 0 Å². The van der Waals surface area contributed by atoms with E-state index >= 15 is 0 Å². The molecule has 0 amide bonds. The van der Waals surface area contributed by atoms with Crippen molar-refractivity contribution in [3.05, 3.63) is 130 Å². The molecule has 5 rings (SSSR count). The molecule has 0 bridgehead atoms. The Hall–Kier alpha value is -4.77. The first-order valence-corrected chi connectivity index (χ1v) is 13.4. The maximum atomic E-state index is 13.9. The number of rotatable bonds is 6. The summed E-state index contributed by atoms with van der Waals surface area (Å²) in [7, 11) is 0. The van der Waals surface area contributed by atoms with Gasteiger partial charge in [-0.15, -0.1) is 0 Å². The van der Waals surface area contributed by atoms with E-state index in [0.717, 1.165) is 33.6 Å². The van der Waals surface area contributed by atoms with Crippen LogP contribution in [-0.2, 0) is 0 Å². The lowest BCUT2D eigenvalue weighted by Gasteiger charge is -2.24. The average Bonchev–Trinajstić information content (AvgIpc) is 2.97. The Bertz CT molecular complexity index is 1640. The molecule has 1 aliphatic heterocycles. The van der Waals surface area contributed by atoms with Crippen molar-refractivity contribution in [2.24, 2.45) is 15.0 Å². The molecule has 0 saturated heterocycles. The second kappa shape index (κ2) is 11.5. The molecule has 1 aliphatic rings. The van der Waals surface area contributed by atoms with Crippen LogP contribution in [0, 0.1) is 27.7 Å². The van der Waals surface area contributed by atoms with Crippen molar-refractivity contribution in [3.63, 3.8) is 0 Å². The van der Waals surface area contributed by atoms with E-state index in [0.29, 0.717) is 22.6 Å². The van der Waals surface area contributed by atoms with Crippen molar-refractivity contribution < 1.29 is 9.59 Å². The summed E-state index contributed by atoms with van der Waals surface area (Å²) in [6, 6.07) is 29.1. The summed E-state index contributed by atoms with van der Waals surface area (Å²) in [4.78, 5) is 42.7. The van der Waals surface area contributed by atoms with Gasteiger partial charge in [-0.3, -0.25) is 24.6 Å². The second-order valence-electron chi connectivity index (χ2n) is 10.1. The number of aliphatic imine (C=N–C) groups is 3. The highest BCUT2D eigenvalue weighted by atomic mass is 16.1. The molecule has 4 aromatic rings. The molecule has 0 radical (unpaired) electrons. The minimum atomic E-state index is -0.944. The largest absolute Gasteiger partial charge is 0.291 e. The van der Waals surface area contributed by atoms with Crippen LogP contribution in [0.3, 0.4) is 0 Å². The Morgan fingerprint density at radius 3 is 1.62 bits per heavy atom. The van der Waals surface area contributed by atoms with Gasteiger partial charge in [-0.2, -0.15) is 0 Å². The fraction of sp³-hybridized carbons (Fsp3) is 0.171. The highest BCUT2D eigenvalue weighted by Crippen LogP contribution is 2.29. The quantitative estimate of drug-likeness (QED) is 0.242. The van der Waals surface area contributed by atoms with Crippen LogP contribution in [-0.4, -0.2) is 34.7 Å². The first-order chi connectivity index (χ1) is 19.3. The molecular formula is C35H31N3O2. The molecule has 40 heavy (non-hydrogen) atoms. The highest BCUT2D eigenvalue weighted by molar-refractivity contribution is 6.72. The third-order valence-corrected chi connectivity index (χ3v) is 7.13. The lowest BCUT2D eigenvalue weighted by Crippen LogP contribution is -2.41. The summed E-state index contributed by atoms with van der Waals surface area (Å²) >= 11 is 0. The maximum absolute atomic E-state index is 13.9. The van der Waals surface area contributed by atoms with Gasteiger partial charge in [0.15, 0.2) is 11.8 Å². The molecule has 0 saturated carbocycles. The fourth-order valence-electron chi connectivity index (χ4n) is 4.95. The molecule has 1 atom stereocenters. The number of hydrogen-bond donors (Lipinski definition) is 0. The van der Waals surface area contributed by atoms with Crippen molar-refractivity contribution in [1.29, 1.82) is 0 Å². The highest BCUT2D eigenvalue weighted by Gasteiger charge is 2.35. The molecule has 1 unspecified atom stereocenters. The lowest BCUT2D eigenvalue weighted by atomic mass is 9.89. The van der Waals surface area contributed by atoms with Gasteiger partial charge in [-0.05, 0) is 49.9 Å². The van der Waals surface area contributed by atoms with E-state index in [1.807, 2.05) is 100 Å². The molecule has 5 heteroatoms. The number of aryl methyl sites for hydroxylation is 4. The van der Waals surface area contributed by atoms with Crippen LogP contribution in [0.2, 0.25) is 0 Å². The van der Waals surface area contributed by atoms with Crippen molar-refractivity contribution in [3.8, 4) is 0 Å². The summed E-state index contributed by atoms with van der Waals surface area (Å²) in [5.74, 6) is -0.461. The van der Waals surface area contributed by atoms with Crippen LogP contribution >= 0.6 is 0 Å². The van der Waals surface area contributed by atoms with E-state index in [2.05, 4.69) is 0 Å². The third kappa shape index (κ3) is 5.50. The van der Waals surface area contributed by atoms with Gasteiger partial charge in [-0.1, -0.05) is 97.1 Å². The van der Waals surface area contributed by atoms with Gasteiger partial charge < -0.3 is 0 Å². The van der Waals surface area contributed by atoms with E-state index in [9.17, 15) is 9.59 Å². The number of ketones is 2. The zero-order valence-electron chi connectivity index (χ0n) is 23.2. The normalized spacial score (nSPS) is 17.1. The van der Waals surface area contributed by atoms with Gasteiger partial charge in [0.25, 0.3) is 0 Å². The van der Waals surface area contributed by atoms with Crippen LogP contribution < -0.4 is 0 Å². The Kier molecular flexibility index (Phi) is 7.74. The summed E-state index contributed by atoms with van der Waals surface area (Å²) in [6.45, 7) is 8.00. The molecule has 0 aliphatic carbocycles. The van der Waals surface area contributed by atoms with Crippen LogP contribution in [0.4, 0.5) is 11.4 Å². The number of para-hydroxylation sites is 2. The first-order valence-electron chi connectivity index (χ1n) is 13.4. The van der Waals surface area contributed by atoms with Gasteiger partial charge in [0.05, 0.1) is 22.8 Å². The third-order valence-electron chi connectivity index (χ3n) is 7.13. The van der Waals surface area contributed by atoms with Gasteiger partial charge in [0, 0.05) is 17.5 Å². The predicted octanol–water partition coefficient (Wildman–Crippen LogP) is 7.74. The summed E-state index contributed by atoms with van der Waals surface area (Å²) < 4.78 is 0. The van der Waals surface area contributed by atoms with Crippen LogP contribution in [0.5, 0.6) is 0 Å². The summed E-state index contributed by atoms with van der Waals surface area (Å²) in [5, 5.41) is 0. The van der Waals surface area contributed by atoms with Crippen molar-refractivity contribution in [2.45, 2.75) is 40.2 Å². The zero-order valence-corrected chi connectivity index (χ0v) is 23.2. The average molecular weight is 526 g/mol. The van der Waals surface area contributed by atoms with Crippen molar-refractivity contribution in [2.75, 3.05) is 0 Å². The lowest BCUT2D eigenvalue weighted by molar-refractivity contribution is 0.0984. The van der Waals surface area contributed by atoms with Crippen molar-refractivity contribution >= 4 is 40.1 Å². The Labute approximate surface area is 235 Å². The maximum Gasteiger partial charge on any atom is 0.212 e. The Balaban J connectivity index is 1.75. The number of carbonyl (C=O) groups excluding carboxylic acids is 2. The van der Waals surface area contributed by atoms with E-state index in [-0.39, 0.29) is 23.7 Å². The zero-order chi connectivity index (χ0) is 28.2. The van der Waals surface area contributed by atoms with Crippen molar-refractivity contribution in [1.82, 2.24) is 0 Å². The number of nitrogens with zero attached hydrogens (tertiary/aromatic N) is 3. The number of Topliss-reactive ketones (excluding diaryl/α,β-unsaturated/α-hetero) is 2. The molecule has 4 aromatic carbocycles. The smallest absolute Gasteiger partial charge is 0.212 e. The number of hydrogen-bond acceptors (Lipinski definition) is 5. The topological polar surface area (TPSA) is 71.2 Å². The van der Waals surface area contributed by atoms with Gasteiger partial charge in [0.2, 0.25) is 5.78 Å². The molecule has 0 aromatic heterocycles. The number of carbonyl (C=O) groups is 2.